The van der Waals surface area contributed by atoms with Crippen LogP contribution in [0.3, 0.4) is 0 Å². The van der Waals surface area contributed by atoms with Gasteiger partial charge in [-0.2, -0.15) is 7.14 Å². The van der Waals surface area contributed by atoms with Gasteiger partial charge in [0.25, 0.3) is 0 Å². The summed E-state index contributed by atoms with van der Waals surface area (Å²) in [6.45, 7) is 2.88. The van der Waals surface area contributed by atoms with Crippen molar-refractivity contribution in [2.24, 2.45) is 0 Å². The van der Waals surface area contributed by atoms with Crippen molar-refractivity contribution in [3.63, 3.8) is 0 Å². The third-order valence-electron chi connectivity index (χ3n) is 9.20. The third kappa shape index (κ3) is 5.23. The Morgan fingerprint density at radius 3 is 1.41 bits per heavy atom. The molecule has 34 heavy (non-hydrogen) atoms. The Bertz CT molecular complexity index is 861. The van der Waals surface area contributed by atoms with E-state index in [2.05, 4.69) is 31.3 Å². The van der Waals surface area contributed by atoms with Crippen LogP contribution in [0.5, 0.6) is 0 Å². The highest BCUT2D eigenvalue weighted by molar-refractivity contribution is 8.03. The molecule has 0 saturated heterocycles. The highest BCUT2D eigenvalue weighted by atomic mass is 31.2. The van der Waals surface area contributed by atoms with Crippen molar-refractivity contribution in [1.29, 1.82) is 0 Å². The number of hydrogen-bond acceptors (Lipinski definition) is 1. The van der Waals surface area contributed by atoms with Gasteiger partial charge in [0.15, 0.2) is 5.78 Å². The van der Waals surface area contributed by atoms with E-state index in [0.29, 0.717) is 0 Å². The molecule has 0 amide bonds. The van der Waals surface area contributed by atoms with Crippen LogP contribution in [0.25, 0.3) is 0 Å². The molecule has 0 heterocycles. The molecule has 3 fully saturated rings. The topological polar surface area (TPSA) is 17.1 Å². The second-order valence-corrected chi connectivity index (χ2v) is 15.5. The lowest BCUT2D eigenvalue weighted by molar-refractivity contribution is 0.103. The molecule has 2 aromatic rings. The molecule has 0 unspecified atom stereocenters. The van der Waals surface area contributed by atoms with E-state index in [9.17, 15) is 4.79 Å². The molecular weight excluding hydrogens is 430 g/mol. The molecule has 5 rings (SSSR count). The summed E-state index contributed by atoms with van der Waals surface area (Å²) in [6, 6.07) is 18.5. The summed E-state index contributed by atoms with van der Waals surface area (Å²) < 4.78 is 0. The lowest BCUT2D eigenvalue weighted by Crippen LogP contribution is -2.42. The molecule has 2 radical (unpaired) electrons. The minimum Gasteiger partial charge on any atom is -0.289 e. The van der Waals surface area contributed by atoms with Gasteiger partial charge >= 0.3 is 0 Å². The number of hydrogen-bond donors (Lipinski definition) is 0. The molecule has 0 aromatic heterocycles. The van der Waals surface area contributed by atoms with E-state index >= 15 is 0 Å². The van der Waals surface area contributed by atoms with Gasteiger partial charge < -0.3 is 0 Å². The maximum Gasteiger partial charge on any atom is 0.193 e. The Hall–Kier alpha value is -1.40. The first-order chi connectivity index (χ1) is 16.8. The van der Waals surface area contributed by atoms with Gasteiger partial charge in [-0.05, 0) is 84.0 Å². The van der Waals surface area contributed by atoms with Crippen LogP contribution in [-0.2, 0) is 0 Å². The van der Waals surface area contributed by atoms with Crippen LogP contribution < -0.4 is 5.46 Å². The van der Waals surface area contributed by atoms with Gasteiger partial charge in [0.05, 0.1) is 0 Å². The quantitative estimate of drug-likeness (QED) is 0.226. The summed E-state index contributed by atoms with van der Waals surface area (Å²) in [5.41, 5.74) is 5.88. The Labute approximate surface area is 209 Å². The Kier molecular flexibility index (Phi) is 8.26. The van der Waals surface area contributed by atoms with Crippen molar-refractivity contribution >= 4 is 25.4 Å². The van der Waals surface area contributed by atoms with Crippen LogP contribution >= 0.6 is 7.14 Å². The van der Waals surface area contributed by atoms with Gasteiger partial charge in [-0.1, -0.05) is 73.9 Å². The fourth-order valence-corrected chi connectivity index (χ4v) is 14.4. The summed E-state index contributed by atoms with van der Waals surface area (Å²) in [6.07, 6.45) is 21.9. The number of rotatable bonds is 7. The normalized spacial score (nSPS) is 21.4. The molecule has 2 aromatic carbocycles. The predicted octanol–water partition coefficient (Wildman–Crippen LogP) is 8.18. The first kappa shape index (κ1) is 24.3. The number of ketones is 1. The molecule has 0 spiro atoms. The van der Waals surface area contributed by atoms with E-state index in [1.54, 1.807) is 0 Å². The van der Waals surface area contributed by atoms with Gasteiger partial charge in [0.1, 0.15) is 0 Å². The molecule has 0 aliphatic heterocycles. The SMILES string of the molecule is O=C(c1ccccc1)c1ccc([B-][P+](C2CCCCC2)(C2CCCCC2)C2CCCCC2)cc1. The summed E-state index contributed by atoms with van der Waals surface area (Å²) >= 11 is 0. The van der Waals surface area contributed by atoms with Crippen LogP contribution in [-0.4, -0.2) is 29.8 Å². The van der Waals surface area contributed by atoms with E-state index in [0.717, 1.165) is 28.1 Å². The molecule has 0 bridgehead atoms. The summed E-state index contributed by atoms with van der Waals surface area (Å²) in [4.78, 5) is 13.0. The fraction of sp³-hybridized carbons (Fsp3) is 0.581. The zero-order valence-electron chi connectivity index (χ0n) is 21.0. The number of benzene rings is 2. The Balaban J connectivity index is 1.46. The molecule has 3 aliphatic carbocycles. The van der Waals surface area contributed by atoms with Crippen LogP contribution in [0.2, 0.25) is 0 Å². The van der Waals surface area contributed by atoms with Crippen molar-refractivity contribution in [3.05, 3.63) is 65.7 Å². The highest BCUT2D eigenvalue weighted by Crippen LogP contribution is 2.75. The first-order valence-corrected chi connectivity index (χ1v) is 16.3. The van der Waals surface area contributed by atoms with E-state index in [1.165, 1.54) is 102 Å². The second kappa shape index (κ2) is 11.6. The molecular formula is C31H42BOP. The van der Waals surface area contributed by atoms with Crippen LogP contribution in [0.1, 0.15) is 112 Å². The summed E-state index contributed by atoms with van der Waals surface area (Å²) in [7, 11) is -1.25. The van der Waals surface area contributed by atoms with Crippen molar-refractivity contribution in [2.75, 3.05) is 0 Å². The van der Waals surface area contributed by atoms with E-state index in [4.69, 9.17) is 0 Å². The number of carbonyl (C=O) groups is 1. The van der Waals surface area contributed by atoms with Gasteiger partial charge in [-0.3, -0.25) is 4.79 Å². The minimum atomic E-state index is -1.25. The monoisotopic (exact) mass is 472 g/mol. The fourth-order valence-electron chi connectivity index (χ4n) is 7.53. The van der Waals surface area contributed by atoms with Crippen molar-refractivity contribution in [1.82, 2.24) is 0 Å². The van der Waals surface area contributed by atoms with Crippen LogP contribution in [0.15, 0.2) is 54.6 Å². The Morgan fingerprint density at radius 2 is 0.971 bits per heavy atom. The molecule has 1 nitrogen and oxygen atoms in total. The van der Waals surface area contributed by atoms with Gasteiger partial charge in [0.2, 0.25) is 0 Å². The van der Waals surface area contributed by atoms with Gasteiger partial charge in [-0.15, -0.1) is 0 Å². The highest BCUT2D eigenvalue weighted by Gasteiger charge is 2.48. The molecule has 3 aliphatic rings. The lowest BCUT2D eigenvalue weighted by atomic mass is 9.91. The largest absolute Gasteiger partial charge is 0.289 e. The molecule has 3 saturated carbocycles. The average molecular weight is 472 g/mol. The second-order valence-electron chi connectivity index (χ2n) is 11.2. The zero-order valence-corrected chi connectivity index (χ0v) is 21.9. The Morgan fingerprint density at radius 1 is 0.559 bits per heavy atom. The van der Waals surface area contributed by atoms with Gasteiger partial charge in [0, 0.05) is 28.1 Å². The smallest absolute Gasteiger partial charge is 0.193 e. The maximum absolute atomic E-state index is 13.0. The maximum atomic E-state index is 13.0. The minimum absolute atomic E-state index is 0.139. The van der Waals surface area contributed by atoms with Crippen LogP contribution in [0.4, 0.5) is 0 Å². The molecule has 0 N–H and O–H groups in total. The van der Waals surface area contributed by atoms with E-state index < -0.39 is 7.14 Å². The molecule has 180 valence electrons. The van der Waals surface area contributed by atoms with E-state index in [1.807, 2.05) is 30.3 Å². The standard InChI is InChI=1S/C31H42BOP/c33-31(25-13-5-1-6-14-25)26-21-23-27(24-22-26)32-34(28-15-7-2-8-16-28,29-17-9-3-10-18-29)30-19-11-4-12-20-30/h1,5-6,13-14,21-24,28-30H,2-4,7-12,15-20H2. The molecule has 3 heteroatoms. The summed E-state index contributed by atoms with van der Waals surface area (Å²) in [5.74, 6) is 0.139. The third-order valence-corrected chi connectivity index (χ3v) is 15.3. The number of carbonyl (C=O) groups excluding carboxylic acids is 1. The van der Waals surface area contributed by atoms with E-state index in [-0.39, 0.29) is 5.78 Å². The van der Waals surface area contributed by atoms with Crippen molar-refractivity contribution in [3.8, 4) is 0 Å². The lowest BCUT2D eigenvalue weighted by Gasteiger charge is -2.58. The average Bonchev–Trinajstić information content (AvgIpc) is 2.94. The first-order valence-electron chi connectivity index (χ1n) is 14.2. The van der Waals surface area contributed by atoms with Crippen LogP contribution in [0, 0.1) is 0 Å². The predicted molar refractivity (Wildman–Crippen MR) is 149 cm³/mol. The zero-order chi connectivity index (χ0) is 23.2. The van der Waals surface area contributed by atoms with Crippen molar-refractivity contribution < 1.29 is 4.79 Å². The van der Waals surface area contributed by atoms with Crippen molar-refractivity contribution in [2.45, 2.75) is 113 Å². The van der Waals surface area contributed by atoms with Gasteiger partial charge in [-0.25, -0.2) is 5.46 Å². The molecule has 0 atom stereocenters. The summed E-state index contributed by atoms with van der Waals surface area (Å²) in [5, 5.41) is 0.